The molecule has 0 unspecified atom stereocenters. The van der Waals surface area contributed by atoms with Crippen LogP contribution in [0.25, 0.3) is 5.69 Å². The van der Waals surface area contributed by atoms with Crippen molar-refractivity contribution in [1.82, 2.24) is 20.4 Å². The molecule has 2 heterocycles. The number of rotatable bonds is 3. The zero-order chi connectivity index (χ0) is 17.9. The molecule has 1 saturated heterocycles. The van der Waals surface area contributed by atoms with Gasteiger partial charge in [-0.1, -0.05) is 18.0 Å². The number of halogens is 2. The molecule has 0 spiro atoms. The van der Waals surface area contributed by atoms with Gasteiger partial charge in [-0.3, -0.25) is 4.79 Å². The number of piperidine rings is 1. The van der Waals surface area contributed by atoms with Gasteiger partial charge in [-0.05, 0) is 75.9 Å². The third kappa shape index (κ3) is 4.48. The second-order valence-corrected chi connectivity index (χ2v) is 7.66. The van der Waals surface area contributed by atoms with Gasteiger partial charge in [0.15, 0.2) is 5.69 Å². The molecule has 146 valence electrons. The minimum atomic E-state index is -0.0252. The van der Waals surface area contributed by atoms with Gasteiger partial charge in [0.1, 0.15) is 0 Å². The molecule has 2 N–H and O–H groups in total. The lowest BCUT2D eigenvalue weighted by Gasteiger charge is -2.23. The molecule has 5 nitrogen and oxygen atoms in total. The van der Waals surface area contributed by atoms with E-state index in [-0.39, 0.29) is 24.4 Å². The number of amides is 1. The number of hydrogen-bond donors (Lipinski definition) is 2. The van der Waals surface area contributed by atoms with Crippen LogP contribution in [0.15, 0.2) is 24.3 Å². The number of benzene rings is 1. The molecule has 27 heavy (non-hydrogen) atoms. The third-order valence-electron chi connectivity index (χ3n) is 5.39. The Morgan fingerprint density at radius 2 is 1.81 bits per heavy atom. The predicted octanol–water partition coefficient (Wildman–Crippen LogP) is 3.70. The van der Waals surface area contributed by atoms with E-state index in [2.05, 4.69) is 10.6 Å². The largest absolute Gasteiger partial charge is 0.348 e. The van der Waals surface area contributed by atoms with Crippen LogP contribution in [-0.4, -0.2) is 34.8 Å². The number of nitrogens with one attached hydrogen (secondary N) is 2. The highest BCUT2D eigenvalue weighted by Crippen LogP contribution is 2.27. The van der Waals surface area contributed by atoms with Crippen LogP contribution in [0.5, 0.6) is 0 Å². The molecule has 1 aromatic heterocycles. The lowest BCUT2D eigenvalue weighted by molar-refractivity contribution is 0.0923. The summed E-state index contributed by atoms with van der Waals surface area (Å²) < 4.78 is 1.95. The minimum absolute atomic E-state index is 0. The minimum Gasteiger partial charge on any atom is -0.348 e. The zero-order valence-electron chi connectivity index (χ0n) is 15.3. The molecular weight excluding hydrogens is 383 g/mol. The Balaban J connectivity index is 0.00000210. The Kier molecular flexibility index (Phi) is 6.79. The number of nitrogens with zero attached hydrogens (tertiary/aromatic N) is 2. The molecule has 0 radical (unpaired) electrons. The van der Waals surface area contributed by atoms with E-state index in [1.54, 1.807) is 0 Å². The summed E-state index contributed by atoms with van der Waals surface area (Å²) in [5.41, 5.74) is 3.88. The van der Waals surface area contributed by atoms with Crippen LogP contribution < -0.4 is 10.6 Å². The fourth-order valence-electron chi connectivity index (χ4n) is 3.97. The molecule has 7 heteroatoms. The number of aromatic nitrogens is 2. The van der Waals surface area contributed by atoms with Gasteiger partial charge in [-0.25, -0.2) is 4.68 Å². The normalized spacial score (nSPS) is 17.5. The van der Waals surface area contributed by atoms with E-state index in [9.17, 15) is 4.79 Å². The van der Waals surface area contributed by atoms with E-state index >= 15 is 0 Å². The Labute approximate surface area is 171 Å². The quantitative estimate of drug-likeness (QED) is 0.761. The van der Waals surface area contributed by atoms with Crippen molar-refractivity contribution in [2.45, 2.75) is 51.0 Å². The first kappa shape index (κ1) is 20.2. The van der Waals surface area contributed by atoms with Gasteiger partial charge in [0.05, 0.1) is 5.69 Å². The monoisotopic (exact) mass is 408 g/mol. The molecule has 4 rings (SSSR count). The summed E-state index contributed by atoms with van der Waals surface area (Å²) >= 11 is 6.03. The van der Waals surface area contributed by atoms with Gasteiger partial charge in [-0.15, -0.1) is 12.4 Å². The van der Waals surface area contributed by atoms with E-state index in [1.165, 1.54) is 12.1 Å². The van der Waals surface area contributed by atoms with Crippen LogP contribution >= 0.6 is 24.0 Å². The topological polar surface area (TPSA) is 59.0 Å². The zero-order valence-corrected chi connectivity index (χ0v) is 16.9. The average molecular weight is 409 g/mol. The Hall–Kier alpha value is -1.56. The van der Waals surface area contributed by atoms with Gasteiger partial charge in [-0.2, -0.15) is 5.10 Å². The maximum absolute atomic E-state index is 13.0. The van der Waals surface area contributed by atoms with Crippen molar-refractivity contribution < 1.29 is 4.79 Å². The first-order valence-electron chi connectivity index (χ1n) is 9.60. The fourth-order valence-corrected chi connectivity index (χ4v) is 4.10. The van der Waals surface area contributed by atoms with E-state index in [0.717, 1.165) is 62.9 Å². The van der Waals surface area contributed by atoms with Crippen LogP contribution in [0.2, 0.25) is 5.02 Å². The lowest BCUT2D eigenvalue weighted by Crippen LogP contribution is -2.43. The van der Waals surface area contributed by atoms with Crippen molar-refractivity contribution in [2.75, 3.05) is 13.1 Å². The molecule has 0 saturated carbocycles. The fraction of sp³-hybridized carbons (Fsp3) is 0.500. The highest BCUT2D eigenvalue weighted by molar-refractivity contribution is 6.30. The SMILES string of the molecule is Cl.O=C(NC1CCNCC1)c1nn(-c2ccc(Cl)cc2)c2c1CCCCC2. The van der Waals surface area contributed by atoms with E-state index in [1.807, 2.05) is 28.9 Å². The summed E-state index contributed by atoms with van der Waals surface area (Å²) in [5.74, 6) is -0.0252. The summed E-state index contributed by atoms with van der Waals surface area (Å²) in [7, 11) is 0. The van der Waals surface area contributed by atoms with Crippen molar-refractivity contribution in [2.24, 2.45) is 0 Å². The Bertz CT molecular complexity index is 782. The predicted molar refractivity (Wildman–Crippen MR) is 110 cm³/mol. The van der Waals surface area contributed by atoms with Crippen molar-refractivity contribution in [1.29, 1.82) is 0 Å². The highest BCUT2D eigenvalue weighted by Gasteiger charge is 2.26. The van der Waals surface area contributed by atoms with Gasteiger partial charge >= 0.3 is 0 Å². The summed E-state index contributed by atoms with van der Waals surface area (Å²) in [6, 6.07) is 7.92. The molecule has 2 aliphatic rings. The number of fused-ring (bicyclic) bond motifs is 1. The summed E-state index contributed by atoms with van der Waals surface area (Å²) in [4.78, 5) is 13.0. The van der Waals surface area contributed by atoms with Gasteiger partial charge in [0.2, 0.25) is 0 Å². The first-order valence-corrected chi connectivity index (χ1v) is 9.98. The molecule has 0 atom stereocenters. The molecule has 0 bridgehead atoms. The number of hydrogen-bond acceptors (Lipinski definition) is 3. The van der Waals surface area contributed by atoms with E-state index in [0.29, 0.717) is 10.7 Å². The van der Waals surface area contributed by atoms with Gasteiger partial charge < -0.3 is 10.6 Å². The van der Waals surface area contributed by atoms with Crippen molar-refractivity contribution in [3.05, 3.63) is 46.2 Å². The van der Waals surface area contributed by atoms with Crippen molar-refractivity contribution >= 4 is 29.9 Å². The molecule has 1 aliphatic carbocycles. The van der Waals surface area contributed by atoms with E-state index in [4.69, 9.17) is 16.7 Å². The Morgan fingerprint density at radius 3 is 2.56 bits per heavy atom. The second kappa shape index (κ2) is 9.09. The second-order valence-electron chi connectivity index (χ2n) is 7.22. The lowest BCUT2D eigenvalue weighted by atomic mass is 10.0. The standard InChI is InChI=1S/C20H25ClN4O.ClH/c21-14-6-8-16(9-7-14)25-18-5-3-1-2-4-17(18)19(24-25)20(26)23-15-10-12-22-13-11-15;/h6-9,15,22H,1-5,10-13H2,(H,23,26);1H. The molecule has 1 aromatic carbocycles. The maximum atomic E-state index is 13.0. The summed E-state index contributed by atoms with van der Waals surface area (Å²) in [6.07, 6.45) is 7.31. The molecule has 1 aliphatic heterocycles. The molecular formula is C20H26Cl2N4O. The number of carbonyl (C=O) groups is 1. The third-order valence-corrected chi connectivity index (χ3v) is 5.64. The van der Waals surface area contributed by atoms with Crippen LogP contribution in [0.3, 0.4) is 0 Å². The smallest absolute Gasteiger partial charge is 0.272 e. The van der Waals surface area contributed by atoms with Crippen molar-refractivity contribution in [3.63, 3.8) is 0 Å². The van der Waals surface area contributed by atoms with Crippen LogP contribution in [0, 0.1) is 0 Å². The van der Waals surface area contributed by atoms with Crippen LogP contribution in [-0.2, 0) is 12.8 Å². The van der Waals surface area contributed by atoms with Crippen LogP contribution in [0.4, 0.5) is 0 Å². The molecule has 2 aromatic rings. The van der Waals surface area contributed by atoms with Crippen molar-refractivity contribution in [3.8, 4) is 5.69 Å². The molecule has 1 amide bonds. The van der Waals surface area contributed by atoms with Gasteiger partial charge in [0, 0.05) is 22.3 Å². The first-order chi connectivity index (χ1) is 12.7. The van der Waals surface area contributed by atoms with E-state index < -0.39 is 0 Å². The van der Waals surface area contributed by atoms with Gasteiger partial charge in [0.25, 0.3) is 5.91 Å². The maximum Gasteiger partial charge on any atom is 0.272 e. The average Bonchev–Trinajstić information content (AvgIpc) is 2.85. The number of carbonyl (C=O) groups excluding carboxylic acids is 1. The highest BCUT2D eigenvalue weighted by atomic mass is 35.5. The molecule has 1 fully saturated rings. The summed E-state index contributed by atoms with van der Waals surface area (Å²) in [5, 5.41) is 12.0. The Morgan fingerprint density at radius 1 is 1.11 bits per heavy atom. The van der Waals surface area contributed by atoms with Crippen LogP contribution in [0.1, 0.15) is 53.8 Å². The summed E-state index contributed by atoms with van der Waals surface area (Å²) in [6.45, 7) is 1.92.